The van der Waals surface area contributed by atoms with Gasteiger partial charge in [0.15, 0.2) is 5.69 Å². The number of rotatable bonds is 6. The number of H-pyrrole nitrogens is 2. The maximum atomic E-state index is 14.5. The van der Waals surface area contributed by atoms with E-state index >= 15 is 0 Å². The van der Waals surface area contributed by atoms with Crippen molar-refractivity contribution in [2.45, 2.75) is 25.2 Å². The summed E-state index contributed by atoms with van der Waals surface area (Å²) in [6, 6.07) is 5.82. The lowest BCUT2D eigenvalue weighted by Crippen LogP contribution is -2.44. The van der Waals surface area contributed by atoms with Crippen LogP contribution in [0.25, 0.3) is 33.1 Å². The van der Waals surface area contributed by atoms with Crippen molar-refractivity contribution in [3.05, 3.63) is 65.2 Å². The first-order chi connectivity index (χ1) is 19.3. The number of alkyl halides is 1. The normalized spacial score (nSPS) is 17.0. The zero-order valence-electron chi connectivity index (χ0n) is 20.7. The quantitative estimate of drug-likeness (QED) is 0.240. The number of carbonyl (C=O) groups excluding carboxylic acids is 3. The van der Waals surface area contributed by atoms with Gasteiger partial charge in [-0.2, -0.15) is 15.3 Å². The fourth-order valence-electron chi connectivity index (χ4n) is 4.91. The SMILES string of the molecule is NC(=O)c1nn(CC(=O)N2CC(F)CC2C(=O)Nc2c[nH]c3c(=O)[nH]cnc23)c2ccc(-c3ccnnc3)cc12. The zero-order chi connectivity index (χ0) is 28.0. The van der Waals surface area contributed by atoms with Crippen LogP contribution in [0, 0.1) is 0 Å². The second kappa shape index (κ2) is 9.68. The van der Waals surface area contributed by atoms with Gasteiger partial charge < -0.3 is 25.9 Å². The number of nitrogens with one attached hydrogen (secondary N) is 3. The molecule has 40 heavy (non-hydrogen) atoms. The molecule has 0 spiro atoms. The minimum Gasteiger partial charge on any atom is -0.364 e. The number of hydrogen-bond donors (Lipinski definition) is 4. The van der Waals surface area contributed by atoms with Crippen molar-refractivity contribution in [3.63, 3.8) is 0 Å². The minimum atomic E-state index is -1.42. The lowest BCUT2D eigenvalue weighted by Gasteiger charge is -2.23. The highest BCUT2D eigenvalue weighted by molar-refractivity contribution is 6.06. The van der Waals surface area contributed by atoms with E-state index in [4.69, 9.17) is 5.73 Å². The maximum absolute atomic E-state index is 14.5. The van der Waals surface area contributed by atoms with Crippen LogP contribution in [0.3, 0.4) is 0 Å². The van der Waals surface area contributed by atoms with Gasteiger partial charge in [-0.1, -0.05) is 6.07 Å². The molecule has 1 aromatic carbocycles. The van der Waals surface area contributed by atoms with Crippen molar-refractivity contribution in [1.82, 2.24) is 39.8 Å². The molecular formula is C25H21FN10O4. The topological polar surface area (TPSA) is 198 Å². The first-order valence-electron chi connectivity index (χ1n) is 12.2. The molecule has 6 rings (SSSR count). The molecule has 5 heterocycles. The van der Waals surface area contributed by atoms with Gasteiger partial charge in [0, 0.05) is 23.6 Å². The minimum absolute atomic E-state index is 0.0347. The van der Waals surface area contributed by atoms with Gasteiger partial charge in [-0.15, -0.1) is 0 Å². The summed E-state index contributed by atoms with van der Waals surface area (Å²) in [5.74, 6) is -1.98. The average Bonchev–Trinajstić information content (AvgIpc) is 3.65. The Hall–Kier alpha value is -5.47. The summed E-state index contributed by atoms with van der Waals surface area (Å²) in [7, 11) is 0. The van der Waals surface area contributed by atoms with Crippen LogP contribution in [0.2, 0.25) is 0 Å². The van der Waals surface area contributed by atoms with Crippen molar-refractivity contribution in [2.75, 3.05) is 11.9 Å². The summed E-state index contributed by atoms with van der Waals surface area (Å²) >= 11 is 0. The van der Waals surface area contributed by atoms with Crippen molar-refractivity contribution < 1.29 is 18.8 Å². The Morgan fingerprint density at radius 1 is 1.15 bits per heavy atom. The van der Waals surface area contributed by atoms with Gasteiger partial charge in [0.05, 0.1) is 36.5 Å². The van der Waals surface area contributed by atoms with E-state index < -0.39 is 35.5 Å². The second-order valence-corrected chi connectivity index (χ2v) is 9.28. The van der Waals surface area contributed by atoms with E-state index in [1.807, 2.05) is 0 Å². The van der Waals surface area contributed by atoms with Gasteiger partial charge in [0.25, 0.3) is 11.5 Å². The lowest BCUT2D eigenvalue weighted by molar-refractivity contribution is -0.137. The molecule has 1 fully saturated rings. The first-order valence-corrected chi connectivity index (χ1v) is 12.2. The van der Waals surface area contributed by atoms with E-state index in [1.165, 1.54) is 23.4 Å². The second-order valence-electron chi connectivity index (χ2n) is 9.28. The van der Waals surface area contributed by atoms with Gasteiger partial charge in [-0.3, -0.25) is 23.9 Å². The molecule has 0 bridgehead atoms. The molecule has 0 radical (unpaired) electrons. The number of nitrogens with zero attached hydrogens (tertiary/aromatic N) is 6. The van der Waals surface area contributed by atoms with Crippen molar-refractivity contribution in [2.24, 2.45) is 5.73 Å². The molecule has 4 aromatic heterocycles. The Kier molecular flexibility index (Phi) is 6.01. The van der Waals surface area contributed by atoms with Crippen molar-refractivity contribution in [3.8, 4) is 11.1 Å². The molecule has 0 aliphatic carbocycles. The number of fused-ring (bicyclic) bond motifs is 2. The van der Waals surface area contributed by atoms with Gasteiger partial charge in [-0.25, -0.2) is 9.37 Å². The molecule has 5 aromatic rings. The van der Waals surface area contributed by atoms with Crippen molar-refractivity contribution >= 4 is 45.3 Å². The number of carbonyl (C=O) groups is 3. The van der Waals surface area contributed by atoms with E-state index in [9.17, 15) is 23.6 Å². The van der Waals surface area contributed by atoms with E-state index in [1.54, 1.807) is 30.5 Å². The predicted molar refractivity (Wildman–Crippen MR) is 140 cm³/mol. The first kappa shape index (κ1) is 24.8. The molecule has 5 N–H and O–H groups in total. The van der Waals surface area contributed by atoms with E-state index in [0.717, 1.165) is 16.0 Å². The molecule has 202 valence electrons. The lowest BCUT2D eigenvalue weighted by atomic mass is 10.0. The molecule has 3 amide bonds. The summed E-state index contributed by atoms with van der Waals surface area (Å²) in [6.45, 7) is -0.649. The summed E-state index contributed by atoms with van der Waals surface area (Å²) < 4.78 is 15.8. The van der Waals surface area contributed by atoms with Gasteiger partial charge >= 0.3 is 0 Å². The number of primary amides is 1. The van der Waals surface area contributed by atoms with Crippen LogP contribution < -0.4 is 16.6 Å². The van der Waals surface area contributed by atoms with Crippen LogP contribution in [0.15, 0.2) is 54.0 Å². The summed E-state index contributed by atoms with van der Waals surface area (Å²) in [5.41, 5.74) is 7.69. The number of benzene rings is 1. The standard InChI is InChI=1S/C25H21FN10O4/c26-14-6-18(24(39)33-16-8-28-22-21(16)29-11-30-25(22)40)35(9-14)19(37)10-36-17-2-1-12(13-3-4-31-32-7-13)5-15(17)20(34-36)23(27)38/h1-5,7-8,11,14,18,28H,6,9-10H2,(H2,27,38)(H,33,39)(H,29,30,40). The van der Waals surface area contributed by atoms with Crippen molar-refractivity contribution in [1.29, 1.82) is 0 Å². The number of aromatic amines is 2. The Bertz CT molecular complexity index is 1850. The van der Waals surface area contributed by atoms with Crippen LogP contribution in [0.4, 0.5) is 10.1 Å². The van der Waals surface area contributed by atoms with Gasteiger partial charge in [-0.05, 0) is 23.8 Å². The number of amides is 3. The monoisotopic (exact) mass is 544 g/mol. The average molecular weight is 545 g/mol. The molecule has 0 saturated carbocycles. The molecule has 1 saturated heterocycles. The van der Waals surface area contributed by atoms with Crippen LogP contribution in [0.5, 0.6) is 0 Å². The zero-order valence-corrected chi connectivity index (χ0v) is 20.7. The number of hydrogen-bond acceptors (Lipinski definition) is 8. The number of anilines is 1. The van der Waals surface area contributed by atoms with E-state index in [2.05, 4.69) is 35.6 Å². The van der Waals surface area contributed by atoms with Gasteiger partial charge in [0.1, 0.15) is 29.8 Å². The maximum Gasteiger partial charge on any atom is 0.275 e. The Morgan fingerprint density at radius 3 is 2.77 bits per heavy atom. The van der Waals surface area contributed by atoms with Crippen LogP contribution in [-0.2, 0) is 16.1 Å². The third kappa shape index (κ3) is 4.32. The highest BCUT2D eigenvalue weighted by Crippen LogP contribution is 2.28. The largest absolute Gasteiger partial charge is 0.364 e. The molecule has 14 nitrogen and oxygen atoms in total. The van der Waals surface area contributed by atoms with Crippen LogP contribution in [-0.4, -0.2) is 76.3 Å². The Morgan fingerprint density at radius 2 is 2.00 bits per heavy atom. The van der Waals surface area contributed by atoms with E-state index in [-0.39, 0.29) is 41.9 Å². The summed E-state index contributed by atoms with van der Waals surface area (Å²) in [6.07, 6.45) is 4.07. The number of aromatic nitrogens is 7. The van der Waals surface area contributed by atoms with Gasteiger partial charge in [0.2, 0.25) is 11.8 Å². The third-order valence-corrected chi connectivity index (χ3v) is 6.79. The third-order valence-electron chi connectivity index (χ3n) is 6.79. The number of likely N-dealkylation sites (tertiary alicyclic amines) is 1. The fourth-order valence-corrected chi connectivity index (χ4v) is 4.91. The van der Waals surface area contributed by atoms with Crippen LogP contribution >= 0.6 is 0 Å². The highest BCUT2D eigenvalue weighted by Gasteiger charge is 2.40. The smallest absolute Gasteiger partial charge is 0.275 e. The predicted octanol–water partition coefficient (Wildman–Crippen LogP) is 0.735. The van der Waals surface area contributed by atoms with E-state index in [0.29, 0.717) is 10.9 Å². The summed E-state index contributed by atoms with van der Waals surface area (Å²) in [5, 5.41) is 14.9. The number of nitrogens with two attached hydrogens (primary N) is 1. The molecule has 2 unspecified atom stereocenters. The number of halogens is 1. The Balaban J connectivity index is 1.26. The summed E-state index contributed by atoms with van der Waals surface area (Å²) in [4.78, 5) is 61.0. The molecule has 1 aliphatic heterocycles. The molecular weight excluding hydrogens is 523 g/mol. The van der Waals surface area contributed by atoms with Crippen LogP contribution in [0.1, 0.15) is 16.9 Å². The Labute approximate surface area is 223 Å². The highest BCUT2D eigenvalue weighted by atomic mass is 19.1. The molecule has 1 aliphatic rings. The fraction of sp³-hybridized carbons (Fsp3) is 0.200. The molecule has 2 atom stereocenters. The molecule has 15 heteroatoms.